The fraction of sp³-hybridized carbons (Fsp3) is 0.684. The maximum atomic E-state index is 12.2. The van der Waals surface area contributed by atoms with Crippen molar-refractivity contribution in [3.05, 3.63) is 17.3 Å². The van der Waals surface area contributed by atoms with Crippen molar-refractivity contribution in [1.29, 1.82) is 0 Å². The van der Waals surface area contributed by atoms with E-state index in [0.29, 0.717) is 36.7 Å². The molecule has 0 bridgehead atoms. The van der Waals surface area contributed by atoms with E-state index in [9.17, 15) is 9.18 Å². The van der Waals surface area contributed by atoms with Crippen LogP contribution in [-0.2, 0) is 17.6 Å². The van der Waals surface area contributed by atoms with Gasteiger partial charge in [-0.2, -0.15) is 0 Å². The van der Waals surface area contributed by atoms with E-state index in [2.05, 4.69) is 10.3 Å². The average Bonchev–Trinajstić information content (AvgIpc) is 2.57. The summed E-state index contributed by atoms with van der Waals surface area (Å²) in [5, 5.41) is 2.71. The molecular weight excluding hydrogens is 339 g/mol. The van der Waals surface area contributed by atoms with Crippen LogP contribution in [0.1, 0.15) is 51.3 Å². The molecule has 0 atom stereocenters. The third kappa shape index (κ3) is 7.89. The SMILES string of the molecule is COc1cc(CCCCCF)c(OC)nc1CCNC(=O)OC(C)(C)C. The minimum absolute atomic E-state index is 0.289. The normalized spacial score (nSPS) is 11.2. The lowest BCUT2D eigenvalue weighted by Crippen LogP contribution is -2.33. The van der Waals surface area contributed by atoms with Gasteiger partial charge < -0.3 is 19.5 Å². The van der Waals surface area contributed by atoms with Gasteiger partial charge in [0.2, 0.25) is 5.88 Å². The molecule has 0 radical (unpaired) electrons. The molecule has 1 N–H and O–H groups in total. The zero-order valence-electron chi connectivity index (χ0n) is 16.5. The van der Waals surface area contributed by atoms with Crippen LogP contribution >= 0.6 is 0 Å². The summed E-state index contributed by atoms with van der Waals surface area (Å²) in [6, 6.07) is 1.91. The average molecular weight is 370 g/mol. The number of carbonyl (C=O) groups excluding carboxylic acids is 1. The number of amides is 1. The second kappa shape index (κ2) is 10.8. The molecule has 0 aromatic carbocycles. The third-order valence-corrected chi connectivity index (χ3v) is 3.62. The molecule has 0 aliphatic heterocycles. The van der Waals surface area contributed by atoms with E-state index in [0.717, 1.165) is 24.8 Å². The highest BCUT2D eigenvalue weighted by molar-refractivity contribution is 5.67. The molecule has 1 amide bonds. The minimum Gasteiger partial charge on any atom is -0.495 e. The molecular formula is C19H31FN2O4. The Morgan fingerprint density at radius 1 is 1.15 bits per heavy atom. The number of alkyl carbamates (subject to hydrolysis) is 1. The number of carbonyl (C=O) groups is 1. The number of hydrogen-bond donors (Lipinski definition) is 1. The van der Waals surface area contributed by atoms with E-state index in [-0.39, 0.29) is 6.67 Å². The number of ether oxygens (including phenoxy) is 3. The Bertz CT molecular complexity index is 573. The van der Waals surface area contributed by atoms with Gasteiger partial charge in [0.15, 0.2) is 0 Å². The summed E-state index contributed by atoms with van der Waals surface area (Å²) in [6.45, 7) is 5.52. The van der Waals surface area contributed by atoms with Crippen molar-refractivity contribution < 1.29 is 23.4 Å². The number of methoxy groups -OCH3 is 2. The van der Waals surface area contributed by atoms with E-state index in [1.165, 1.54) is 0 Å². The van der Waals surface area contributed by atoms with Gasteiger partial charge in [0, 0.05) is 18.5 Å². The maximum absolute atomic E-state index is 12.2. The highest BCUT2D eigenvalue weighted by atomic mass is 19.1. The highest BCUT2D eigenvalue weighted by Crippen LogP contribution is 2.27. The summed E-state index contributed by atoms with van der Waals surface area (Å²) >= 11 is 0. The molecule has 0 spiro atoms. The Hall–Kier alpha value is -2.05. The molecule has 0 fully saturated rings. The van der Waals surface area contributed by atoms with E-state index in [1.54, 1.807) is 14.2 Å². The molecule has 1 aromatic rings. The number of rotatable bonds is 10. The zero-order valence-corrected chi connectivity index (χ0v) is 16.5. The van der Waals surface area contributed by atoms with Crippen LogP contribution in [0.15, 0.2) is 6.07 Å². The van der Waals surface area contributed by atoms with Gasteiger partial charge in [-0.1, -0.05) is 6.42 Å². The van der Waals surface area contributed by atoms with Crippen LogP contribution in [-0.4, -0.2) is 44.1 Å². The van der Waals surface area contributed by atoms with Crippen molar-refractivity contribution in [2.75, 3.05) is 27.4 Å². The Balaban J connectivity index is 2.71. The Morgan fingerprint density at radius 2 is 1.88 bits per heavy atom. The Morgan fingerprint density at radius 3 is 2.46 bits per heavy atom. The van der Waals surface area contributed by atoms with E-state index in [4.69, 9.17) is 14.2 Å². The first-order chi connectivity index (χ1) is 12.3. The van der Waals surface area contributed by atoms with Crippen LogP contribution < -0.4 is 14.8 Å². The van der Waals surface area contributed by atoms with Crippen LogP contribution in [0.4, 0.5) is 9.18 Å². The number of nitrogens with one attached hydrogen (secondary N) is 1. The number of halogens is 1. The number of pyridine rings is 1. The first-order valence-electron chi connectivity index (χ1n) is 8.94. The number of alkyl halides is 1. The molecule has 26 heavy (non-hydrogen) atoms. The third-order valence-electron chi connectivity index (χ3n) is 3.62. The molecule has 0 unspecified atom stereocenters. The van der Waals surface area contributed by atoms with Gasteiger partial charge in [-0.25, -0.2) is 9.78 Å². The Labute approximate surface area is 155 Å². The predicted octanol–water partition coefficient (Wildman–Crippen LogP) is 3.85. The number of aromatic nitrogens is 1. The number of unbranched alkanes of at least 4 members (excludes halogenated alkanes) is 2. The summed E-state index contributed by atoms with van der Waals surface area (Å²) in [5.41, 5.74) is 1.10. The van der Waals surface area contributed by atoms with Crippen molar-refractivity contribution in [2.45, 2.75) is 58.5 Å². The quantitative estimate of drug-likeness (QED) is 0.634. The van der Waals surface area contributed by atoms with Crippen LogP contribution in [0.3, 0.4) is 0 Å². The van der Waals surface area contributed by atoms with Gasteiger partial charge in [0.1, 0.15) is 11.4 Å². The predicted molar refractivity (Wildman–Crippen MR) is 98.8 cm³/mol. The molecule has 6 nitrogen and oxygen atoms in total. The molecule has 0 aliphatic rings. The molecule has 0 aliphatic carbocycles. The van der Waals surface area contributed by atoms with Crippen molar-refractivity contribution in [1.82, 2.24) is 10.3 Å². The second-order valence-electron chi connectivity index (χ2n) is 6.98. The summed E-state index contributed by atoms with van der Waals surface area (Å²) in [4.78, 5) is 16.2. The van der Waals surface area contributed by atoms with Gasteiger partial charge in [0.25, 0.3) is 0 Å². The van der Waals surface area contributed by atoms with E-state index in [1.807, 2.05) is 26.8 Å². The van der Waals surface area contributed by atoms with Gasteiger partial charge in [0.05, 0.1) is 26.6 Å². The number of nitrogens with zero attached hydrogens (tertiary/aromatic N) is 1. The standard InChI is InChI=1S/C19H31FN2O4/c1-19(2,3)26-18(23)21-12-10-15-16(24-4)13-14(17(22-15)25-5)9-7-6-8-11-20/h13H,6-12H2,1-5H3,(H,21,23). The first kappa shape index (κ1) is 22.0. The zero-order chi connectivity index (χ0) is 19.6. The molecule has 0 saturated heterocycles. The van der Waals surface area contributed by atoms with E-state index >= 15 is 0 Å². The monoisotopic (exact) mass is 370 g/mol. The lowest BCUT2D eigenvalue weighted by Gasteiger charge is -2.19. The van der Waals surface area contributed by atoms with Crippen molar-refractivity contribution in [3.8, 4) is 11.6 Å². The highest BCUT2D eigenvalue weighted by Gasteiger charge is 2.17. The Kier molecular flexibility index (Phi) is 9.16. The number of aryl methyl sites for hydroxylation is 1. The summed E-state index contributed by atoms with van der Waals surface area (Å²) in [7, 11) is 3.16. The van der Waals surface area contributed by atoms with Crippen LogP contribution in [0.5, 0.6) is 11.6 Å². The summed E-state index contributed by atoms with van der Waals surface area (Å²) < 4.78 is 28.2. The lowest BCUT2D eigenvalue weighted by molar-refractivity contribution is 0.0528. The van der Waals surface area contributed by atoms with E-state index < -0.39 is 11.7 Å². The molecule has 1 rings (SSSR count). The molecule has 7 heteroatoms. The molecule has 148 valence electrons. The molecule has 1 aromatic heterocycles. The van der Waals surface area contributed by atoms with Crippen LogP contribution in [0, 0.1) is 0 Å². The minimum atomic E-state index is -0.535. The first-order valence-corrected chi connectivity index (χ1v) is 8.94. The van der Waals surface area contributed by atoms with Crippen molar-refractivity contribution in [3.63, 3.8) is 0 Å². The topological polar surface area (TPSA) is 69.7 Å². The van der Waals surface area contributed by atoms with Gasteiger partial charge in [-0.3, -0.25) is 4.39 Å². The van der Waals surface area contributed by atoms with Crippen molar-refractivity contribution in [2.24, 2.45) is 0 Å². The maximum Gasteiger partial charge on any atom is 0.407 e. The van der Waals surface area contributed by atoms with Crippen LogP contribution in [0.25, 0.3) is 0 Å². The smallest absolute Gasteiger partial charge is 0.407 e. The fourth-order valence-corrected chi connectivity index (χ4v) is 2.45. The second-order valence-corrected chi connectivity index (χ2v) is 6.98. The summed E-state index contributed by atoms with van der Waals surface area (Å²) in [6.07, 6.45) is 3.03. The van der Waals surface area contributed by atoms with Gasteiger partial charge in [-0.05, 0) is 46.1 Å². The van der Waals surface area contributed by atoms with Crippen LogP contribution in [0.2, 0.25) is 0 Å². The molecule has 1 heterocycles. The van der Waals surface area contributed by atoms with Gasteiger partial charge >= 0.3 is 6.09 Å². The largest absolute Gasteiger partial charge is 0.495 e. The summed E-state index contributed by atoms with van der Waals surface area (Å²) in [5.74, 6) is 1.19. The van der Waals surface area contributed by atoms with Gasteiger partial charge in [-0.15, -0.1) is 0 Å². The number of hydrogen-bond acceptors (Lipinski definition) is 5. The van der Waals surface area contributed by atoms with Crippen molar-refractivity contribution >= 4 is 6.09 Å². The lowest BCUT2D eigenvalue weighted by atomic mass is 10.1. The fourth-order valence-electron chi connectivity index (χ4n) is 2.45. The molecule has 0 saturated carbocycles.